The molecule has 0 aliphatic rings. The minimum atomic E-state index is 0.274. The quantitative estimate of drug-likeness (QED) is 0.0646. The number of hydrogen-bond acceptors (Lipinski definition) is 9. The fourth-order valence-electron chi connectivity index (χ4n) is 14.0. The van der Waals surface area contributed by atoms with Crippen LogP contribution in [0.5, 0.6) is 0 Å². The molecule has 0 aliphatic carbocycles. The lowest BCUT2D eigenvalue weighted by atomic mass is 9.84. The maximum absolute atomic E-state index is 8.82. The number of aliphatic hydroxyl groups is 1. The van der Waals surface area contributed by atoms with E-state index in [-0.39, 0.29) is 6.61 Å². The first-order valence-electron chi connectivity index (χ1n) is 46.0. The van der Waals surface area contributed by atoms with Gasteiger partial charge < -0.3 is 44.3 Å². The molecule has 0 aromatic heterocycles. The largest absolute Gasteiger partial charge is 0.395 e. The summed E-state index contributed by atoms with van der Waals surface area (Å²) in [5.41, 5.74) is 4.71. The predicted octanol–water partition coefficient (Wildman–Crippen LogP) is 27.8. The second-order valence-corrected chi connectivity index (χ2v) is 47.2. The van der Waals surface area contributed by atoms with Crippen LogP contribution in [-0.2, 0) is 0 Å². The van der Waals surface area contributed by atoms with Gasteiger partial charge in [-0.2, -0.15) is 0 Å². The Hall–Kier alpha value is -0.360. The summed E-state index contributed by atoms with van der Waals surface area (Å²) < 4.78 is 0. The summed E-state index contributed by atoms with van der Waals surface area (Å²) >= 11 is 0. The molecule has 0 aliphatic heterocycles. The summed E-state index contributed by atoms with van der Waals surface area (Å²) in [6, 6.07) is 0.684. The van der Waals surface area contributed by atoms with Crippen molar-refractivity contribution >= 4 is 0 Å². The van der Waals surface area contributed by atoms with Crippen molar-refractivity contribution in [3.05, 3.63) is 0 Å². The molecular weight excluding hydrogens is 1320 g/mol. The molecule has 108 heavy (non-hydrogen) atoms. The van der Waals surface area contributed by atoms with E-state index in [2.05, 4.69) is 372 Å². The lowest BCUT2D eigenvalue weighted by Crippen LogP contribution is -2.38. The second-order valence-electron chi connectivity index (χ2n) is 47.2. The van der Waals surface area contributed by atoms with E-state index in [1.54, 1.807) is 0 Å². The molecule has 0 rings (SSSR count). The first-order valence-corrected chi connectivity index (χ1v) is 46.0. The van der Waals surface area contributed by atoms with Crippen LogP contribution < -0.4 is 0 Å². The molecule has 0 aromatic rings. The zero-order chi connectivity index (χ0) is 87.0. The van der Waals surface area contributed by atoms with E-state index in [0.717, 1.165) is 37.9 Å². The van der Waals surface area contributed by atoms with Crippen molar-refractivity contribution in [2.75, 3.05) is 157 Å². The Morgan fingerprint density at radius 3 is 0.769 bits per heavy atom. The van der Waals surface area contributed by atoms with E-state index in [1.807, 2.05) is 0 Å². The molecule has 1 N–H and O–H groups in total. The Morgan fingerprint density at radius 2 is 0.509 bits per heavy atom. The molecule has 664 valence electrons. The van der Waals surface area contributed by atoms with Gasteiger partial charge in [0.1, 0.15) is 0 Å². The van der Waals surface area contributed by atoms with E-state index >= 15 is 0 Å². The van der Waals surface area contributed by atoms with Crippen LogP contribution in [0.4, 0.5) is 0 Å². The number of aliphatic hydroxyl groups excluding tert-OH is 1. The maximum atomic E-state index is 8.82. The van der Waals surface area contributed by atoms with Gasteiger partial charge >= 0.3 is 0 Å². The van der Waals surface area contributed by atoms with Crippen LogP contribution in [0.3, 0.4) is 0 Å². The Balaban J connectivity index is -0.000000177. The van der Waals surface area contributed by atoms with Crippen molar-refractivity contribution in [3.63, 3.8) is 0 Å². The molecule has 0 amide bonds. The van der Waals surface area contributed by atoms with Gasteiger partial charge in [0, 0.05) is 78.0 Å². The SMILES string of the molecule is CCCC(C)CN(CC)CC(C)(C)C.CCCCN(CCC)CC(C)(C)C.CCCN(CC(C)(C)C)C(C)C.CCCN(CC(C)(C)C)CC(C)(C)C.CCCN(CCC)CC(C)(C)C.CCCN(CCO)CC(C)(C)C.CCN(CCC(C)(C)C)CC(C)(C)C.CCN(CCC(C)CC(C)(C)C)CC(C)(C)C. The standard InChI is InChI=1S/C16H35N.3C13H29N.C12H27N.2C11H25N.C10H23NO/c1-9-17(13-16(6,7)8)11-10-14(2)12-15(3,4)5;1-8-14(11-13(5,6)7)10-9-12(2,3)4;1-8-9-14(10-12(2,3)4)11-13(5,6)7;1-7-9-12(3)10-14(8-2)11-13(4,5)6;1-6-8-10-13(9-7-2)11-12(3,4)5;1-7-8-12(10(2)3)9-11(4,5)6;1-6-8-12(9-7-2)10-11(3,4)5;1-5-6-11(7-8-12)9-10(2,3)4/h14H,9-13H2,1-8H3;2*8-11H2,1-7H3;12H,7-11H2,1-6H3;6-11H2,1-5H3;10H,7-9H2,1-6H3;6-10H2,1-5H3;12H,5-9H2,1-4H3. The normalized spacial score (nSPS) is 13.6. The first-order chi connectivity index (χ1) is 48.5. The third-order valence-electron chi connectivity index (χ3n) is 17.2. The van der Waals surface area contributed by atoms with Crippen LogP contribution in [0.25, 0.3) is 0 Å². The molecular formula is C99H222N8O. The molecule has 9 heteroatoms. The fraction of sp³-hybridized carbons (Fsp3) is 1.00. The van der Waals surface area contributed by atoms with Crippen LogP contribution >= 0.6 is 0 Å². The van der Waals surface area contributed by atoms with Gasteiger partial charge in [-0.25, -0.2) is 0 Å². The third-order valence-corrected chi connectivity index (χ3v) is 17.2. The van der Waals surface area contributed by atoms with Crippen molar-refractivity contribution in [2.24, 2.45) is 71.4 Å². The molecule has 0 aromatic carbocycles. The predicted molar refractivity (Wildman–Crippen MR) is 504 cm³/mol. The Bertz CT molecular complexity index is 1810. The van der Waals surface area contributed by atoms with E-state index in [1.165, 1.54) is 208 Å². The smallest absolute Gasteiger partial charge is 0.0558 e. The summed E-state index contributed by atoms with van der Waals surface area (Å²) in [5.74, 6) is 1.69. The molecule has 0 saturated heterocycles. The van der Waals surface area contributed by atoms with Gasteiger partial charge in [-0.3, -0.25) is 0 Å². The molecule has 0 fully saturated rings. The van der Waals surface area contributed by atoms with Crippen LogP contribution in [-0.4, -0.2) is 207 Å². The minimum Gasteiger partial charge on any atom is -0.395 e. The monoisotopic (exact) mass is 1540 g/mol. The highest BCUT2D eigenvalue weighted by Gasteiger charge is 2.25. The van der Waals surface area contributed by atoms with E-state index in [0.29, 0.717) is 65.6 Å². The fourth-order valence-corrected chi connectivity index (χ4v) is 14.0. The van der Waals surface area contributed by atoms with Gasteiger partial charge in [0.2, 0.25) is 0 Å². The summed E-state index contributed by atoms with van der Waals surface area (Å²) in [6.45, 7) is 138. The lowest BCUT2D eigenvalue weighted by Gasteiger charge is -2.34. The van der Waals surface area contributed by atoms with E-state index in [4.69, 9.17) is 5.11 Å². The van der Waals surface area contributed by atoms with Gasteiger partial charge in [-0.15, -0.1) is 0 Å². The van der Waals surface area contributed by atoms with Crippen molar-refractivity contribution in [2.45, 2.75) is 422 Å². The maximum Gasteiger partial charge on any atom is 0.0558 e. The van der Waals surface area contributed by atoms with Crippen LogP contribution in [0, 0.1) is 71.4 Å². The lowest BCUT2D eigenvalue weighted by molar-refractivity contribution is 0.141. The number of nitrogens with zero attached hydrogens (tertiary/aromatic N) is 8. The van der Waals surface area contributed by atoms with Crippen LogP contribution in [0.2, 0.25) is 0 Å². The number of rotatable bonds is 40. The van der Waals surface area contributed by atoms with Gasteiger partial charge in [-0.05, 0) is 234 Å². The van der Waals surface area contributed by atoms with Crippen molar-refractivity contribution in [1.82, 2.24) is 39.2 Å². The average molecular weight is 1540 g/mol. The van der Waals surface area contributed by atoms with Crippen molar-refractivity contribution in [1.29, 1.82) is 0 Å². The van der Waals surface area contributed by atoms with Crippen LogP contribution in [0.1, 0.15) is 416 Å². The highest BCUT2D eigenvalue weighted by Crippen LogP contribution is 2.28. The molecule has 2 atom stereocenters. The highest BCUT2D eigenvalue weighted by atomic mass is 16.3. The zero-order valence-electron chi connectivity index (χ0n) is 85.4. The average Bonchev–Trinajstić information content (AvgIpc) is 0.913. The van der Waals surface area contributed by atoms with E-state index in [9.17, 15) is 0 Å². The van der Waals surface area contributed by atoms with Crippen LogP contribution in [0.15, 0.2) is 0 Å². The Kier molecular flexibility index (Phi) is 73.8. The Morgan fingerprint density at radius 1 is 0.231 bits per heavy atom. The van der Waals surface area contributed by atoms with Crippen molar-refractivity contribution < 1.29 is 5.11 Å². The summed E-state index contributed by atoms with van der Waals surface area (Å²) in [7, 11) is 0. The summed E-state index contributed by atoms with van der Waals surface area (Å²) in [6.07, 6.45) is 16.8. The van der Waals surface area contributed by atoms with Gasteiger partial charge in [0.05, 0.1) is 6.61 Å². The summed E-state index contributed by atoms with van der Waals surface area (Å²) in [4.78, 5) is 20.4. The molecule has 0 spiro atoms. The highest BCUT2D eigenvalue weighted by molar-refractivity contribution is 4.78. The second kappa shape index (κ2) is 64.7. The van der Waals surface area contributed by atoms with Gasteiger partial charge in [0.15, 0.2) is 0 Å². The van der Waals surface area contributed by atoms with E-state index < -0.39 is 0 Å². The molecule has 0 heterocycles. The molecule has 0 saturated carbocycles. The molecule has 0 radical (unpaired) electrons. The van der Waals surface area contributed by atoms with Gasteiger partial charge in [-0.1, -0.05) is 331 Å². The molecule has 0 bridgehead atoms. The topological polar surface area (TPSA) is 46.2 Å². The minimum absolute atomic E-state index is 0.274. The number of hydrogen-bond donors (Lipinski definition) is 1. The zero-order valence-corrected chi connectivity index (χ0v) is 85.4. The number of unbranched alkanes of at least 4 members (excludes halogenated alkanes) is 1. The van der Waals surface area contributed by atoms with Crippen molar-refractivity contribution in [3.8, 4) is 0 Å². The molecule has 9 nitrogen and oxygen atoms in total. The van der Waals surface area contributed by atoms with Gasteiger partial charge in [0.25, 0.3) is 0 Å². The Labute approximate surface area is 690 Å². The molecule has 2 unspecified atom stereocenters. The third kappa shape index (κ3) is 110. The summed E-state index contributed by atoms with van der Waals surface area (Å²) in [5, 5.41) is 8.82. The first kappa shape index (κ1) is 123.